The highest BCUT2D eigenvalue weighted by molar-refractivity contribution is 6.01. The van der Waals surface area contributed by atoms with Gasteiger partial charge in [0, 0.05) is 34.5 Å². The van der Waals surface area contributed by atoms with Crippen LogP contribution in [0.4, 0.5) is 0 Å². The Morgan fingerprint density at radius 1 is 1.12 bits per heavy atom. The molecule has 1 unspecified atom stereocenters. The molecule has 2 aliphatic carbocycles. The predicted molar refractivity (Wildman–Crippen MR) is 126 cm³/mol. The maximum absolute atomic E-state index is 12.5. The van der Waals surface area contributed by atoms with E-state index in [9.17, 15) is 14.7 Å². The Bertz CT molecular complexity index is 1320. The van der Waals surface area contributed by atoms with E-state index in [0.717, 1.165) is 46.3 Å². The van der Waals surface area contributed by atoms with Crippen LogP contribution in [0.5, 0.6) is 5.75 Å². The van der Waals surface area contributed by atoms with Crippen molar-refractivity contribution in [3.63, 3.8) is 0 Å². The van der Waals surface area contributed by atoms with Gasteiger partial charge in [-0.3, -0.25) is 9.59 Å². The summed E-state index contributed by atoms with van der Waals surface area (Å²) in [5.74, 6) is -0.112. The number of aliphatic carboxylic acids is 1. The first-order chi connectivity index (χ1) is 15.9. The second-order valence-corrected chi connectivity index (χ2v) is 9.95. The number of carbonyl (C=O) groups is 2. The Balaban J connectivity index is 1.70. The molecule has 1 aliphatic heterocycles. The Morgan fingerprint density at radius 2 is 1.91 bits per heavy atom. The summed E-state index contributed by atoms with van der Waals surface area (Å²) >= 11 is 0. The lowest BCUT2D eigenvalue weighted by molar-refractivity contribution is -0.144. The lowest BCUT2D eigenvalue weighted by Crippen LogP contribution is -2.23. The van der Waals surface area contributed by atoms with E-state index in [0.29, 0.717) is 24.4 Å². The Kier molecular flexibility index (Phi) is 4.38. The van der Waals surface area contributed by atoms with Crippen LogP contribution in [0.1, 0.15) is 71.8 Å². The van der Waals surface area contributed by atoms with Crippen molar-refractivity contribution >= 4 is 22.8 Å². The molecule has 0 radical (unpaired) electrons. The molecule has 170 valence electrons. The van der Waals surface area contributed by atoms with Crippen molar-refractivity contribution in [2.75, 3.05) is 7.11 Å². The van der Waals surface area contributed by atoms with Gasteiger partial charge in [0.15, 0.2) is 0 Å². The molecule has 0 saturated heterocycles. The molecular weight excluding hydrogens is 416 g/mol. The van der Waals surface area contributed by atoms with Crippen LogP contribution in [0.25, 0.3) is 22.2 Å². The van der Waals surface area contributed by atoms with Crippen LogP contribution in [0.3, 0.4) is 0 Å². The van der Waals surface area contributed by atoms with Crippen molar-refractivity contribution in [1.29, 1.82) is 0 Å². The lowest BCUT2D eigenvalue weighted by Gasteiger charge is -2.24. The van der Waals surface area contributed by atoms with Gasteiger partial charge < -0.3 is 20.1 Å². The van der Waals surface area contributed by atoms with Crippen LogP contribution in [-0.2, 0) is 11.3 Å². The molecule has 33 heavy (non-hydrogen) atoms. The van der Waals surface area contributed by atoms with E-state index in [1.54, 1.807) is 13.2 Å². The highest BCUT2D eigenvalue weighted by atomic mass is 16.5. The summed E-state index contributed by atoms with van der Waals surface area (Å²) in [6.07, 6.45) is 6.52. The summed E-state index contributed by atoms with van der Waals surface area (Å²) < 4.78 is 7.69. The van der Waals surface area contributed by atoms with Crippen molar-refractivity contribution in [2.24, 2.45) is 11.1 Å². The standard InChI is InChI=1S/C27H28N2O4/c1-33-17-8-10-18-20(12-17)21-13-27(21,26(31)32)14-29-22-11-16(25(28)30)7-9-19(22)23(24(18)29)15-5-3-2-4-6-15/h7-12,15,21H,2-6,13-14H2,1H3,(H2,28,30)(H,31,32)/t21?,27-/m0/s1. The van der Waals surface area contributed by atoms with Crippen LogP contribution in [0.15, 0.2) is 36.4 Å². The van der Waals surface area contributed by atoms with Gasteiger partial charge in [-0.15, -0.1) is 0 Å². The summed E-state index contributed by atoms with van der Waals surface area (Å²) in [6, 6.07) is 11.8. The summed E-state index contributed by atoms with van der Waals surface area (Å²) in [6.45, 7) is 0.394. The van der Waals surface area contributed by atoms with Gasteiger partial charge in [0.1, 0.15) is 5.75 Å². The monoisotopic (exact) mass is 444 g/mol. The minimum Gasteiger partial charge on any atom is -0.497 e. The number of aromatic nitrogens is 1. The Morgan fingerprint density at radius 3 is 2.61 bits per heavy atom. The third kappa shape index (κ3) is 2.86. The number of hydrogen-bond acceptors (Lipinski definition) is 3. The number of methoxy groups -OCH3 is 1. The zero-order valence-corrected chi connectivity index (χ0v) is 18.8. The summed E-state index contributed by atoms with van der Waals surface area (Å²) in [7, 11) is 1.64. The van der Waals surface area contributed by atoms with E-state index in [1.807, 2.05) is 24.3 Å². The van der Waals surface area contributed by atoms with Gasteiger partial charge in [-0.05, 0) is 66.6 Å². The van der Waals surface area contributed by atoms with Gasteiger partial charge in [0.25, 0.3) is 0 Å². The van der Waals surface area contributed by atoms with Crippen LogP contribution in [0, 0.1) is 5.41 Å². The van der Waals surface area contributed by atoms with Crippen molar-refractivity contribution in [3.05, 3.63) is 53.1 Å². The third-order valence-corrected chi connectivity index (χ3v) is 8.23. The number of nitrogens with two attached hydrogens (primary N) is 1. The first-order valence-corrected chi connectivity index (χ1v) is 11.8. The number of benzene rings is 2. The van der Waals surface area contributed by atoms with Gasteiger partial charge in [-0.2, -0.15) is 0 Å². The normalized spacial score (nSPS) is 23.8. The molecule has 2 fully saturated rings. The maximum Gasteiger partial charge on any atom is 0.312 e. The molecule has 3 aliphatic rings. The topological polar surface area (TPSA) is 94.6 Å². The van der Waals surface area contributed by atoms with E-state index in [1.165, 1.54) is 24.8 Å². The van der Waals surface area contributed by atoms with Crippen molar-refractivity contribution < 1.29 is 19.4 Å². The zero-order valence-electron chi connectivity index (χ0n) is 18.8. The molecule has 2 atom stereocenters. The first-order valence-electron chi connectivity index (χ1n) is 11.8. The average molecular weight is 445 g/mol. The van der Waals surface area contributed by atoms with Crippen LogP contribution in [-0.4, -0.2) is 28.7 Å². The Hall–Kier alpha value is -3.28. The van der Waals surface area contributed by atoms with E-state index < -0.39 is 17.3 Å². The number of primary amides is 1. The van der Waals surface area contributed by atoms with E-state index >= 15 is 0 Å². The number of nitrogens with zero attached hydrogens (tertiary/aromatic N) is 1. The molecule has 0 bridgehead atoms. The van der Waals surface area contributed by atoms with Gasteiger partial charge >= 0.3 is 5.97 Å². The van der Waals surface area contributed by atoms with Gasteiger partial charge in [0.2, 0.25) is 5.91 Å². The van der Waals surface area contributed by atoms with E-state index in [2.05, 4.69) is 10.6 Å². The predicted octanol–water partition coefficient (Wildman–Crippen LogP) is 5.04. The molecular formula is C27H28N2O4. The van der Waals surface area contributed by atoms with Crippen LogP contribution >= 0.6 is 0 Å². The minimum atomic E-state index is -0.842. The smallest absolute Gasteiger partial charge is 0.312 e. The average Bonchev–Trinajstić information content (AvgIpc) is 3.50. The Labute approximate surface area is 192 Å². The number of carboxylic acid groups (broad SMARTS) is 1. The quantitative estimate of drug-likeness (QED) is 0.590. The van der Waals surface area contributed by atoms with Crippen LogP contribution in [0.2, 0.25) is 0 Å². The highest BCUT2D eigenvalue weighted by Gasteiger charge is 2.63. The molecule has 2 saturated carbocycles. The SMILES string of the molecule is COc1ccc2c(c1)C1C[C@]1(C(=O)O)Cn1c-2c(C2CCCCC2)c2ccc(C(N)=O)cc21. The largest absolute Gasteiger partial charge is 0.497 e. The fourth-order valence-corrected chi connectivity index (χ4v) is 6.43. The molecule has 6 rings (SSSR count). The van der Waals surface area contributed by atoms with Gasteiger partial charge in [-0.25, -0.2) is 0 Å². The van der Waals surface area contributed by atoms with Crippen molar-refractivity contribution in [3.8, 4) is 17.0 Å². The fourth-order valence-electron chi connectivity index (χ4n) is 6.43. The van der Waals surface area contributed by atoms with E-state index in [-0.39, 0.29) is 5.92 Å². The first kappa shape index (κ1) is 20.3. The van der Waals surface area contributed by atoms with E-state index in [4.69, 9.17) is 10.5 Å². The zero-order chi connectivity index (χ0) is 22.9. The van der Waals surface area contributed by atoms with Crippen molar-refractivity contribution in [1.82, 2.24) is 4.57 Å². The number of hydrogen-bond donors (Lipinski definition) is 2. The highest BCUT2D eigenvalue weighted by Crippen LogP contribution is 2.65. The summed E-state index contributed by atoms with van der Waals surface area (Å²) in [5.41, 5.74) is 10.7. The number of fused-ring (bicyclic) bond motifs is 7. The fraction of sp³-hybridized carbons (Fsp3) is 0.407. The molecule has 3 aromatic rings. The molecule has 3 N–H and O–H groups in total. The second-order valence-electron chi connectivity index (χ2n) is 9.95. The molecule has 6 heteroatoms. The number of rotatable bonds is 4. The number of amides is 1. The number of carboxylic acids is 1. The molecule has 1 aromatic heterocycles. The molecule has 1 amide bonds. The minimum absolute atomic E-state index is 0.0476. The summed E-state index contributed by atoms with van der Waals surface area (Å²) in [5, 5.41) is 11.4. The number of ether oxygens (including phenoxy) is 1. The summed E-state index contributed by atoms with van der Waals surface area (Å²) in [4.78, 5) is 24.6. The second kappa shape index (κ2) is 7.11. The van der Waals surface area contributed by atoms with Crippen molar-refractivity contribution in [2.45, 2.75) is 56.9 Å². The maximum atomic E-state index is 12.5. The molecule has 0 spiro atoms. The van der Waals surface area contributed by atoms with Crippen LogP contribution < -0.4 is 10.5 Å². The molecule has 6 nitrogen and oxygen atoms in total. The van der Waals surface area contributed by atoms with Gasteiger partial charge in [-0.1, -0.05) is 25.3 Å². The lowest BCUT2D eigenvalue weighted by atomic mass is 9.81. The molecule has 2 aromatic carbocycles. The molecule has 2 heterocycles. The van der Waals surface area contributed by atoms with Gasteiger partial charge in [0.05, 0.1) is 18.2 Å². The third-order valence-electron chi connectivity index (χ3n) is 8.23. The number of carbonyl (C=O) groups excluding carboxylic acids is 1.